The Labute approximate surface area is 151 Å². The van der Waals surface area contributed by atoms with Crippen LogP contribution in [-0.2, 0) is 14.3 Å². The summed E-state index contributed by atoms with van der Waals surface area (Å²) in [6, 6.07) is 5.17. The summed E-state index contributed by atoms with van der Waals surface area (Å²) in [6.45, 7) is 1.84. The van der Waals surface area contributed by atoms with Gasteiger partial charge in [0.05, 0.1) is 17.0 Å². The normalized spacial score (nSPS) is 22.5. The quantitative estimate of drug-likeness (QED) is 0.804. The number of ether oxygens (including phenoxy) is 1. The Bertz CT molecular complexity index is 692. The lowest BCUT2D eigenvalue weighted by Crippen LogP contribution is -2.42. The van der Waals surface area contributed by atoms with Crippen molar-refractivity contribution in [2.75, 3.05) is 17.7 Å². The van der Waals surface area contributed by atoms with Gasteiger partial charge in [0.1, 0.15) is 0 Å². The fourth-order valence-electron chi connectivity index (χ4n) is 3.20. The van der Waals surface area contributed by atoms with E-state index in [9.17, 15) is 14.4 Å². The maximum Gasteiger partial charge on any atom is 0.338 e. The molecule has 2 amide bonds. The molecule has 0 spiro atoms. The van der Waals surface area contributed by atoms with Crippen LogP contribution in [0, 0.1) is 5.92 Å². The van der Waals surface area contributed by atoms with Crippen LogP contribution >= 0.6 is 11.8 Å². The second kappa shape index (κ2) is 7.91. The van der Waals surface area contributed by atoms with E-state index < -0.39 is 5.97 Å². The van der Waals surface area contributed by atoms with E-state index in [4.69, 9.17) is 4.74 Å². The Hall–Kier alpha value is -2.02. The zero-order valence-corrected chi connectivity index (χ0v) is 15.0. The molecule has 1 aliphatic heterocycles. The number of esters is 1. The number of thioether (sulfide) groups is 1. The Morgan fingerprint density at radius 1 is 1.32 bits per heavy atom. The van der Waals surface area contributed by atoms with Gasteiger partial charge in [-0.05, 0) is 37.0 Å². The van der Waals surface area contributed by atoms with Crippen molar-refractivity contribution in [1.82, 2.24) is 5.32 Å². The molecule has 1 aromatic rings. The number of hydrogen-bond acceptors (Lipinski definition) is 5. The third kappa shape index (κ3) is 4.54. The smallest absolute Gasteiger partial charge is 0.338 e. The lowest BCUT2D eigenvalue weighted by molar-refractivity contribution is -0.125. The van der Waals surface area contributed by atoms with Crippen LogP contribution in [0.25, 0.3) is 0 Å². The lowest BCUT2D eigenvalue weighted by atomic mass is 9.86. The monoisotopic (exact) mass is 362 g/mol. The highest BCUT2D eigenvalue weighted by Crippen LogP contribution is 2.32. The van der Waals surface area contributed by atoms with Crippen molar-refractivity contribution in [3.05, 3.63) is 23.8 Å². The van der Waals surface area contributed by atoms with Gasteiger partial charge in [-0.1, -0.05) is 19.8 Å². The first-order valence-electron chi connectivity index (χ1n) is 8.56. The molecule has 1 aromatic carbocycles. The van der Waals surface area contributed by atoms with E-state index in [1.54, 1.807) is 18.2 Å². The van der Waals surface area contributed by atoms with Crippen molar-refractivity contribution in [2.45, 2.75) is 43.5 Å². The maximum atomic E-state index is 12.2. The molecule has 0 unspecified atom stereocenters. The summed E-state index contributed by atoms with van der Waals surface area (Å²) in [7, 11) is 0. The molecule has 2 N–H and O–H groups in total. The fraction of sp³-hybridized carbons (Fsp3) is 0.500. The van der Waals surface area contributed by atoms with E-state index in [-0.39, 0.29) is 24.5 Å². The van der Waals surface area contributed by atoms with Gasteiger partial charge in [0.15, 0.2) is 6.61 Å². The van der Waals surface area contributed by atoms with E-state index in [2.05, 4.69) is 17.6 Å². The molecular formula is C18H22N2O4S. The molecule has 134 valence electrons. The molecule has 0 radical (unpaired) electrons. The average molecular weight is 362 g/mol. The zero-order valence-electron chi connectivity index (χ0n) is 14.2. The zero-order chi connectivity index (χ0) is 17.8. The van der Waals surface area contributed by atoms with Gasteiger partial charge in [-0.25, -0.2) is 4.79 Å². The number of nitrogens with one attached hydrogen (secondary N) is 2. The SMILES string of the molecule is C[C@@H]1CCCC[C@H]1NC(=O)COC(=O)c1ccc2c(c1)NC(=O)CS2. The summed E-state index contributed by atoms with van der Waals surface area (Å²) in [5.74, 6) is -0.108. The molecule has 0 bridgehead atoms. The average Bonchev–Trinajstić information content (AvgIpc) is 2.61. The van der Waals surface area contributed by atoms with Crippen LogP contribution in [0.15, 0.2) is 23.1 Å². The molecule has 6 nitrogen and oxygen atoms in total. The second-order valence-corrected chi connectivity index (χ2v) is 7.58. The van der Waals surface area contributed by atoms with Gasteiger partial charge in [-0.15, -0.1) is 11.8 Å². The summed E-state index contributed by atoms with van der Waals surface area (Å²) in [6.07, 6.45) is 4.41. The number of hydrogen-bond donors (Lipinski definition) is 2. The fourth-order valence-corrected chi connectivity index (χ4v) is 3.99. The number of carbonyl (C=O) groups excluding carboxylic acids is 3. The first-order chi connectivity index (χ1) is 12.0. The van der Waals surface area contributed by atoms with Crippen molar-refractivity contribution in [2.24, 2.45) is 5.92 Å². The van der Waals surface area contributed by atoms with Crippen LogP contribution in [0.1, 0.15) is 43.0 Å². The van der Waals surface area contributed by atoms with Crippen molar-refractivity contribution in [3.8, 4) is 0 Å². The van der Waals surface area contributed by atoms with E-state index in [0.29, 0.717) is 22.9 Å². The standard InChI is InChI=1S/C18H22N2O4S/c1-11-4-2-3-5-13(11)19-16(21)9-24-18(23)12-6-7-15-14(8-12)20-17(22)10-25-15/h6-8,11,13H,2-5,9-10H2,1H3,(H,19,21)(H,20,22)/t11-,13-/m1/s1. The van der Waals surface area contributed by atoms with E-state index in [1.807, 2.05) is 0 Å². The molecule has 3 rings (SSSR count). The number of carbonyl (C=O) groups is 3. The van der Waals surface area contributed by atoms with Crippen molar-refractivity contribution in [1.29, 1.82) is 0 Å². The maximum absolute atomic E-state index is 12.2. The van der Waals surface area contributed by atoms with Crippen LogP contribution in [0.4, 0.5) is 5.69 Å². The Balaban J connectivity index is 1.53. The van der Waals surface area contributed by atoms with Gasteiger partial charge in [-0.2, -0.15) is 0 Å². The number of benzene rings is 1. The Morgan fingerprint density at radius 3 is 2.92 bits per heavy atom. The number of rotatable bonds is 4. The van der Waals surface area contributed by atoms with Gasteiger partial charge < -0.3 is 15.4 Å². The van der Waals surface area contributed by atoms with Crippen LogP contribution in [-0.4, -0.2) is 36.2 Å². The van der Waals surface area contributed by atoms with Gasteiger partial charge in [0, 0.05) is 10.9 Å². The predicted octanol–water partition coefficient (Wildman–Crippen LogP) is 2.58. The van der Waals surface area contributed by atoms with Crippen LogP contribution in [0.5, 0.6) is 0 Å². The van der Waals surface area contributed by atoms with Crippen LogP contribution in [0.2, 0.25) is 0 Å². The lowest BCUT2D eigenvalue weighted by Gasteiger charge is -2.29. The molecule has 1 aliphatic carbocycles. The molecule has 2 aliphatic rings. The summed E-state index contributed by atoms with van der Waals surface area (Å²) < 4.78 is 5.11. The summed E-state index contributed by atoms with van der Waals surface area (Å²) in [5, 5.41) is 5.69. The van der Waals surface area contributed by atoms with Gasteiger partial charge >= 0.3 is 5.97 Å². The van der Waals surface area contributed by atoms with Crippen molar-refractivity contribution >= 4 is 35.2 Å². The molecule has 0 saturated heterocycles. The summed E-state index contributed by atoms with van der Waals surface area (Å²) in [5.41, 5.74) is 0.927. The highest BCUT2D eigenvalue weighted by Gasteiger charge is 2.23. The summed E-state index contributed by atoms with van der Waals surface area (Å²) >= 11 is 1.43. The minimum atomic E-state index is -0.570. The Morgan fingerprint density at radius 2 is 2.12 bits per heavy atom. The van der Waals surface area contributed by atoms with Crippen LogP contribution < -0.4 is 10.6 Å². The molecule has 2 atom stereocenters. The van der Waals surface area contributed by atoms with E-state index in [1.165, 1.54) is 18.2 Å². The molecule has 1 saturated carbocycles. The first-order valence-corrected chi connectivity index (χ1v) is 9.54. The number of anilines is 1. The van der Waals surface area contributed by atoms with Gasteiger partial charge in [0.2, 0.25) is 5.91 Å². The number of amides is 2. The van der Waals surface area contributed by atoms with Crippen molar-refractivity contribution in [3.63, 3.8) is 0 Å². The predicted molar refractivity (Wildman–Crippen MR) is 95.6 cm³/mol. The third-order valence-electron chi connectivity index (χ3n) is 4.64. The van der Waals surface area contributed by atoms with Gasteiger partial charge in [0.25, 0.3) is 5.91 Å². The highest BCUT2D eigenvalue weighted by molar-refractivity contribution is 8.00. The number of fused-ring (bicyclic) bond motifs is 1. The molecule has 25 heavy (non-hydrogen) atoms. The second-order valence-electron chi connectivity index (χ2n) is 6.56. The third-order valence-corrected chi connectivity index (χ3v) is 5.71. The molecular weight excluding hydrogens is 340 g/mol. The molecule has 0 aromatic heterocycles. The highest BCUT2D eigenvalue weighted by atomic mass is 32.2. The van der Waals surface area contributed by atoms with E-state index in [0.717, 1.165) is 24.2 Å². The minimum absolute atomic E-state index is 0.0935. The Kier molecular flexibility index (Phi) is 5.63. The molecule has 7 heteroatoms. The largest absolute Gasteiger partial charge is 0.452 e. The topological polar surface area (TPSA) is 84.5 Å². The van der Waals surface area contributed by atoms with Gasteiger partial charge in [-0.3, -0.25) is 9.59 Å². The van der Waals surface area contributed by atoms with Crippen molar-refractivity contribution < 1.29 is 19.1 Å². The first kappa shape index (κ1) is 17.8. The summed E-state index contributed by atoms with van der Waals surface area (Å²) in [4.78, 5) is 36.5. The molecule has 1 heterocycles. The minimum Gasteiger partial charge on any atom is -0.452 e. The van der Waals surface area contributed by atoms with Crippen LogP contribution in [0.3, 0.4) is 0 Å². The van der Waals surface area contributed by atoms with E-state index >= 15 is 0 Å². The molecule has 1 fully saturated rings.